The lowest BCUT2D eigenvalue weighted by atomic mass is 10.0. The van der Waals surface area contributed by atoms with Crippen LogP contribution < -0.4 is 5.32 Å². The highest BCUT2D eigenvalue weighted by Crippen LogP contribution is 2.17. The van der Waals surface area contributed by atoms with Crippen LogP contribution in [-0.2, 0) is 9.59 Å². The Bertz CT molecular complexity index is 303. The first-order valence-corrected chi connectivity index (χ1v) is 5.19. The van der Waals surface area contributed by atoms with Gasteiger partial charge in [0, 0.05) is 13.6 Å². The molecule has 0 radical (unpaired) electrons. The van der Waals surface area contributed by atoms with E-state index in [1.807, 2.05) is 0 Å². The third-order valence-corrected chi connectivity index (χ3v) is 3.10. The number of aliphatic carboxylic acids is 1. The molecule has 92 valence electrons. The van der Waals surface area contributed by atoms with Crippen LogP contribution in [0.1, 0.15) is 20.3 Å². The minimum atomic E-state index is -1.24. The highest BCUT2D eigenvalue weighted by atomic mass is 16.4. The predicted octanol–water partition coefficient (Wildman–Crippen LogP) is -0.969. The molecule has 0 aliphatic carbocycles. The summed E-state index contributed by atoms with van der Waals surface area (Å²) in [5, 5.41) is 21.1. The first-order chi connectivity index (χ1) is 7.26. The molecule has 6 heteroatoms. The number of carbonyl (C=O) groups excluding carboxylic acids is 1. The second kappa shape index (κ2) is 4.39. The topological polar surface area (TPSA) is 89.9 Å². The van der Waals surface area contributed by atoms with E-state index in [1.165, 1.54) is 25.8 Å². The van der Waals surface area contributed by atoms with E-state index < -0.39 is 23.7 Å². The molecule has 1 rings (SSSR count). The molecule has 1 fully saturated rings. The largest absolute Gasteiger partial charge is 0.480 e. The van der Waals surface area contributed by atoms with Gasteiger partial charge in [-0.1, -0.05) is 0 Å². The fourth-order valence-electron chi connectivity index (χ4n) is 1.56. The molecule has 0 bridgehead atoms. The number of aliphatic hydroxyl groups excluding tert-OH is 1. The Morgan fingerprint density at radius 1 is 1.44 bits per heavy atom. The summed E-state index contributed by atoms with van der Waals surface area (Å²) in [5.74, 6) is -1.36. The van der Waals surface area contributed by atoms with Crippen LogP contribution >= 0.6 is 0 Å². The van der Waals surface area contributed by atoms with Crippen LogP contribution in [0.25, 0.3) is 0 Å². The maximum atomic E-state index is 11.9. The highest BCUT2D eigenvalue weighted by Gasteiger charge is 2.39. The number of carbonyl (C=O) groups is 2. The van der Waals surface area contributed by atoms with Crippen molar-refractivity contribution in [2.75, 3.05) is 13.6 Å². The number of aliphatic hydroxyl groups is 1. The molecule has 2 unspecified atom stereocenters. The van der Waals surface area contributed by atoms with Crippen LogP contribution in [-0.4, -0.2) is 58.3 Å². The maximum absolute atomic E-state index is 11.9. The van der Waals surface area contributed by atoms with E-state index in [4.69, 9.17) is 5.11 Å². The van der Waals surface area contributed by atoms with Crippen LogP contribution in [0.5, 0.6) is 0 Å². The van der Waals surface area contributed by atoms with Crippen molar-refractivity contribution in [3.8, 4) is 0 Å². The van der Waals surface area contributed by atoms with E-state index in [0.717, 1.165) is 0 Å². The zero-order valence-electron chi connectivity index (χ0n) is 9.73. The summed E-state index contributed by atoms with van der Waals surface area (Å²) in [6.45, 7) is 3.31. The normalized spacial score (nSPS) is 25.5. The first kappa shape index (κ1) is 12.9. The van der Waals surface area contributed by atoms with E-state index in [1.54, 1.807) is 0 Å². The molecule has 0 spiro atoms. The van der Waals surface area contributed by atoms with Gasteiger partial charge in [-0.25, -0.2) is 4.79 Å². The number of carboxylic acid groups (broad SMARTS) is 1. The quantitative estimate of drug-likeness (QED) is 0.580. The molecule has 6 nitrogen and oxygen atoms in total. The van der Waals surface area contributed by atoms with Gasteiger partial charge in [0.25, 0.3) is 0 Å². The molecule has 16 heavy (non-hydrogen) atoms. The van der Waals surface area contributed by atoms with Gasteiger partial charge in [0.05, 0.1) is 12.1 Å². The average Bonchev–Trinajstić information content (AvgIpc) is 2.62. The van der Waals surface area contributed by atoms with Crippen LogP contribution in [0.4, 0.5) is 0 Å². The third-order valence-electron chi connectivity index (χ3n) is 3.10. The summed E-state index contributed by atoms with van der Waals surface area (Å²) < 4.78 is 0. The van der Waals surface area contributed by atoms with Crippen molar-refractivity contribution in [3.05, 3.63) is 0 Å². The van der Waals surface area contributed by atoms with E-state index in [2.05, 4.69) is 5.32 Å². The van der Waals surface area contributed by atoms with Crippen LogP contribution in [0.15, 0.2) is 0 Å². The lowest BCUT2D eigenvalue weighted by Crippen LogP contribution is -2.55. The number of amides is 1. The minimum absolute atomic E-state index is 0.302. The van der Waals surface area contributed by atoms with Gasteiger partial charge >= 0.3 is 5.97 Å². The smallest absolute Gasteiger partial charge is 0.329 e. The summed E-state index contributed by atoms with van der Waals surface area (Å²) in [7, 11) is 1.46. The number of rotatable bonds is 3. The third kappa shape index (κ3) is 2.33. The zero-order valence-corrected chi connectivity index (χ0v) is 9.73. The second-order valence-electron chi connectivity index (χ2n) is 4.61. The number of hydrogen-bond donors (Lipinski definition) is 3. The maximum Gasteiger partial charge on any atom is 0.329 e. The standard InChI is InChI=1S/C10H18N2O4/c1-10(2,9(15)16)12(3)8(14)7-4-6(13)5-11-7/h6-7,11,13H,4-5H2,1-3H3,(H,15,16). The lowest BCUT2D eigenvalue weighted by molar-refractivity contribution is -0.156. The van der Waals surface area contributed by atoms with E-state index in [0.29, 0.717) is 13.0 Å². The summed E-state index contributed by atoms with van der Waals surface area (Å²) >= 11 is 0. The van der Waals surface area contributed by atoms with Crippen LogP contribution in [0.3, 0.4) is 0 Å². The molecule has 1 aliphatic heterocycles. The van der Waals surface area contributed by atoms with Gasteiger partial charge < -0.3 is 20.4 Å². The highest BCUT2D eigenvalue weighted by molar-refractivity contribution is 5.89. The molecule has 1 heterocycles. The van der Waals surface area contributed by atoms with Gasteiger partial charge in [-0.2, -0.15) is 0 Å². The molecule has 0 saturated carbocycles. The molecule has 2 atom stereocenters. The monoisotopic (exact) mass is 230 g/mol. The van der Waals surface area contributed by atoms with Crippen LogP contribution in [0.2, 0.25) is 0 Å². The summed E-state index contributed by atoms with van der Waals surface area (Å²) in [6, 6.07) is -0.487. The number of nitrogens with one attached hydrogen (secondary N) is 1. The van der Waals surface area contributed by atoms with Crippen molar-refractivity contribution in [1.29, 1.82) is 0 Å². The van der Waals surface area contributed by atoms with Gasteiger partial charge in [0.15, 0.2) is 0 Å². The van der Waals surface area contributed by atoms with Gasteiger partial charge in [0.2, 0.25) is 5.91 Å². The average molecular weight is 230 g/mol. The molecule has 0 aromatic rings. The molecule has 3 N–H and O–H groups in total. The lowest BCUT2D eigenvalue weighted by Gasteiger charge is -2.33. The van der Waals surface area contributed by atoms with Crippen molar-refractivity contribution < 1.29 is 19.8 Å². The van der Waals surface area contributed by atoms with Gasteiger partial charge in [-0.05, 0) is 20.3 Å². The molecular weight excluding hydrogens is 212 g/mol. The summed E-state index contributed by atoms with van der Waals surface area (Å²) in [5.41, 5.74) is -1.24. The Labute approximate surface area is 94.2 Å². The first-order valence-electron chi connectivity index (χ1n) is 5.19. The fraction of sp³-hybridized carbons (Fsp3) is 0.800. The SMILES string of the molecule is CN(C(=O)C1CC(O)CN1)C(C)(C)C(=O)O. The Morgan fingerprint density at radius 2 is 2.00 bits per heavy atom. The fourth-order valence-corrected chi connectivity index (χ4v) is 1.56. The predicted molar refractivity (Wildman–Crippen MR) is 56.9 cm³/mol. The Hall–Kier alpha value is -1.14. The summed E-state index contributed by atoms with van der Waals surface area (Å²) in [4.78, 5) is 24.1. The van der Waals surface area contributed by atoms with Crippen molar-refractivity contribution in [2.24, 2.45) is 0 Å². The molecule has 0 aromatic heterocycles. The van der Waals surface area contributed by atoms with Crippen molar-refractivity contribution in [3.63, 3.8) is 0 Å². The zero-order chi connectivity index (χ0) is 12.5. The van der Waals surface area contributed by atoms with Crippen LogP contribution in [0, 0.1) is 0 Å². The number of hydrogen-bond acceptors (Lipinski definition) is 4. The second-order valence-corrected chi connectivity index (χ2v) is 4.61. The number of carboxylic acids is 1. The minimum Gasteiger partial charge on any atom is -0.480 e. The Morgan fingerprint density at radius 3 is 2.38 bits per heavy atom. The number of likely N-dealkylation sites (N-methyl/N-ethyl adjacent to an activating group) is 1. The molecule has 1 amide bonds. The van der Waals surface area contributed by atoms with Crippen molar-refractivity contribution >= 4 is 11.9 Å². The summed E-state index contributed by atoms with van der Waals surface area (Å²) in [6.07, 6.45) is -0.200. The molecular formula is C10H18N2O4. The Balaban J connectivity index is 2.71. The van der Waals surface area contributed by atoms with E-state index >= 15 is 0 Å². The van der Waals surface area contributed by atoms with Gasteiger partial charge in [-0.15, -0.1) is 0 Å². The van der Waals surface area contributed by atoms with E-state index in [9.17, 15) is 14.7 Å². The number of nitrogens with zero attached hydrogens (tertiary/aromatic N) is 1. The van der Waals surface area contributed by atoms with Gasteiger partial charge in [0.1, 0.15) is 5.54 Å². The molecule has 0 aromatic carbocycles. The van der Waals surface area contributed by atoms with Crippen molar-refractivity contribution in [1.82, 2.24) is 10.2 Å². The van der Waals surface area contributed by atoms with E-state index in [-0.39, 0.29) is 5.91 Å². The number of β-amino-alcohol motifs (C(OH)–C–C–N with tert-alkyl or cyclic N) is 1. The van der Waals surface area contributed by atoms with Gasteiger partial charge in [-0.3, -0.25) is 4.79 Å². The molecule has 1 saturated heterocycles. The van der Waals surface area contributed by atoms with Crippen molar-refractivity contribution in [2.45, 2.75) is 38.0 Å². The molecule has 1 aliphatic rings. The Kier molecular flexibility index (Phi) is 3.54.